The number of hydrogen-bond donors (Lipinski definition) is 3. The maximum absolute atomic E-state index is 12.8. The maximum Gasteiger partial charge on any atom is 0.416 e. The van der Waals surface area contributed by atoms with Crippen LogP contribution in [0.25, 0.3) is 11.3 Å². The van der Waals surface area contributed by atoms with Gasteiger partial charge in [-0.15, -0.1) is 0 Å². The molecule has 0 bridgehead atoms. The van der Waals surface area contributed by atoms with E-state index in [4.69, 9.17) is 5.11 Å². The fourth-order valence-electron chi connectivity index (χ4n) is 3.54. The Kier molecular flexibility index (Phi) is 8.63. The van der Waals surface area contributed by atoms with Crippen LogP contribution in [0.1, 0.15) is 54.3 Å². The molecule has 0 aliphatic carbocycles. The summed E-state index contributed by atoms with van der Waals surface area (Å²) in [6, 6.07) is 11.6. The number of carboxylic acid groups (broad SMARTS) is 1. The SMILES string of the molecule is CC(C)CC(Nc1ccc(-c2ccc(C(F)(F)F)cc2)nc1)c1ccc(C(=O)NCCC(=O)O)cn1. The fourth-order valence-corrected chi connectivity index (χ4v) is 3.54. The van der Waals surface area contributed by atoms with Crippen LogP contribution in [0.15, 0.2) is 60.9 Å². The molecule has 0 saturated heterocycles. The van der Waals surface area contributed by atoms with Gasteiger partial charge in [0.1, 0.15) is 0 Å². The van der Waals surface area contributed by atoms with Gasteiger partial charge in [-0.2, -0.15) is 13.2 Å². The van der Waals surface area contributed by atoms with Gasteiger partial charge in [0.25, 0.3) is 5.91 Å². The lowest BCUT2D eigenvalue weighted by atomic mass is 10.00. The van der Waals surface area contributed by atoms with Gasteiger partial charge in [-0.05, 0) is 48.7 Å². The Morgan fingerprint density at radius 2 is 1.69 bits per heavy atom. The number of nitrogens with one attached hydrogen (secondary N) is 2. The van der Waals surface area contributed by atoms with Gasteiger partial charge in [0.05, 0.1) is 46.9 Å². The molecular weight excluding hydrogens is 473 g/mol. The minimum absolute atomic E-state index is 0.0307. The van der Waals surface area contributed by atoms with Crippen molar-refractivity contribution in [3.05, 3.63) is 77.7 Å². The highest BCUT2D eigenvalue weighted by atomic mass is 19.4. The molecule has 1 amide bonds. The maximum atomic E-state index is 12.8. The molecule has 0 saturated carbocycles. The third-order valence-electron chi connectivity index (χ3n) is 5.35. The number of carbonyl (C=O) groups is 2. The minimum atomic E-state index is -4.39. The van der Waals surface area contributed by atoms with E-state index < -0.39 is 23.6 Å². The first-order valence-electron chi connectivity index (χ1n) is 11.4. The number of nitrogens with zero attached hydrogens (tertiary/aromatic N) is 2. The van der Waals surface area contributed by atoms with Gasteiger partial charge in [-0.25, -0.2) is 0 Å². The van der Waals surface area contributed by atoms with E-state index in [0.29, 0.717) is 28.4 Å². The molecule has 36 heavy (non-hydrogen) atoms. The number of hydrogen-bond acceptors (Lipinski definition) is 5. The number of amides is 1. The molecule has 3 rings (SSSR count). The molecule has 2 heterocycles. The first-order valence-corrected chi connectivity index (χ1v) is 11.4. The van der Waals surface area contributed by atoms with Crippen molar-refractivity contribution in [3.8, 4) is 11.3 Å². The first-order chi connectivity index (χ1) is 17.0. The van der Waals surface area contributed by atoms with Gasteiger partial charge >= 0.3 is 12.1 Å². The van der Waals surface area contributed by atoms with Crippen LogP contribution in [-0.2, 0) is 11.0 Å². The number of carboxylic acids is 1. The third-order valence-corrected chi connectivity index (χ3v) is 5.35. The molecule has 190 valence electrons. The molecule has 3 N–H and O–H groups in total. The number of alkyl halides is 3. The van der Waals surface area contributed by atoms with Crippen molar-refractivity contribution in [3.63, 3.8) is 0 Å². The Morgan fingerprint density at radius 1 is 0.972 bits per heavy atom. The molecular formula is C26H27F3N4O3. The second-order valence-electron chi connectivity index (χ2n) is 8.71. The summed E-state index contributed by atoms with van der Waals surface area (Å²) >= 11 is 0. The van der Waals surface area contributed by atoms with E-state index in [9.17, 15) is 22.8 Å². The van der Waals surface area contributed by atoms with E-state index in [-0.39, 0.29) is 19.0 Å². The number of pyridine rings is 2. The van der Waals surface area contributed by atoms with E-state index in [0.717, 1.165) is 24.2 Å². The predicted octanol–water partition coefficient (Wildman–Crippen LogP) is 5.57. The second-order valence-corrected chi connectivity index (χ2v) is 8.71. The van der Waals surface area contributed by atoms with Crippen molar-refractivity contribution in [1.82, 2.24) is 15.3 Å². The number of carbonyl (C=O) groups excluding carboxylic acids is 1. The number of aromatic nitrogens is 2. The molecule has 0 radical (unpaired) electrons. The molecule has 0 aliphatic rings. The normalized spacial score (nSPS) is 12.3. The van der Waals surface area contributed by atoms with Crippen LogP contribution in [0, 0.1) is 5.92 Å². The van der Waals surface area contributed by atoms with Gasteiger partial charge in [0, 0.05) is 18.3 Å². The number of rotatable bonds is 10. The van der Waals surface area contributed by atoms with Gasteiger partial charge in [-0.3, -0.25) is 19.6 Å². The Bertz CT molecular complexity index is 1160. The summed E-state index contributed by atoms with van der Waals surface area (Å²) in [5, 5.41) is 14.6. The van der Waals surface area contributed by atoms with E-state index in [2.05, 4.69) is 34.4 Å². The van der Waals surface area contributed by atoms with Crippen molar-refractivity contribution in [2.24, 2.45) is 5.92 Å². The van der Waals surface area contributed by atoms with Gasteiger partial charge < -0.3 is 15.7 Å². The van der Waals surface area contributed by atoms with Crippen molar-refractivity contribution < 1.29 is 27.9 Å². The summed E-state index contributed by atoms with van der Waals surface area (Å²) in [6.07, 6.45) is -0.736. The van der Waals surface area contributed by atoms with Gasteiger partial charge in [-0.1, -0.05) is 26.0 Å². The van der Waals surface area contributed by atoms with Crippen molar-refractivity contribution in [2.75, 3.05) is 11.9 Å². The van der Waals surface area contributed by atoms with E-state index >= 15 is 0 Å². The van der Waals surface area contributed by atoms with Crippen LogP contribution in [0.5, 0.6) is 0 Å². The lowest BCUT2D eigenvalue weighted by Crippen LogP contribution is -2.26. The summed E-state index contributed by atoms with van der Waals surface area (Å²) in [6.45, 7) is 4.18. The monoisotopic (exact) mass is 500 g/mol. The predicted molar refractivity (Wildman–Crippen MR) is 129 cm³/mol. The zero-order valence-electron chi connectivity index (χ0n) is 19.8. The zero-order chi connectivity index (χ0) is 26.3. The van der Waals surface area contributed by atoms with Gasteiger partial charge in [0.15, 0.2) is 0 Å². The standard InChI is InChI=1S/C26H27F3N4O3/c1-16(2)13-23(22-9-5-18(14-31-22)25(36)30-12-11-24(34)35)33-20-8-10-21(32-15-20)17-3-6-19(7-4-17)26(27,28)29/h3-10,14-16,23,33H,11-13H2,1-2H3,(H,30,36)(H,34,35). The Balaban J connectivity index is 1.70. The number of halogens is 3. The Hall–Kier alpha value is -3.95. The summed E-state index contributed by atoms with van der Waals surface area (Å²) < 4.78 is 38.4. The minimum Gasteiger partial charge on any atom is -0.481 e. The van der Waals surface area contributed by atoms with Gasteiger partial charge in [0.2, 0.25) is 0 Å². The highest BCUT2D eigenvalue weighted by molar-refractivity contribution is 5.94. The number of benzene rings is 1. The molecule has 0 aliphatic heterocycles. The van der Waals surface area contributed by atoms with E-state index in [1.165, 1.54) is 18.3 Å². The smallest absolute Gasteiger partial charge is 0.416 e. The van der Waals surface area contributed by atoms with Crippen LogP contribution in [-0.4, -0.2) is 33.5 Å². The molecule has 3 aromatic rings. The highest BCUT2D eigenvalue weighted by Crippen LogP contribution is 2.31. The molecule has 0 fully saturated rings. The van der Waals surface area contributed by atoms with E-state index in [1.807, 2.05) is 0 Å². The highest BCUT2D eigenvalue weighted by Gasteiger charge is 2.30. The van der Waals surface area contributed by atoms with E-state index in [1.54, 1.807) is 30.5 Å². The molecule has 1 aromatic carbocycles. The molecule has 2 aromatic heterocycles. The summed E-state index contributed by atoms with van der Waals surface area (Å²) in [5.41, 5.74) is 2.18. The third kappa shape index (κ3) is 7.53. The largest absolute Gasteiger partial charge is 0.481 e. The molecule has 1 unspecified atom stereocenters. The molecule has 7 nitrogen and oxygen atoms in total. The van der Waals surface area contributed by atoms with Crippen LogP contribution in [0.3, 0.4) is 0 Å². The van der Waals surface area contributed by atoms with Crippen molar-refractivity contribution >= 4 is 17.6 Å². The average Bonchev–Trinajstić information content (AvgIpc) is 2.83. The van der Waals surface area contributed by atoms with Crippen molar-refractivity contribution in [1.29, 1.82) is 0 Å². The average molecular weight is 501 g/mol. The Morgan fingerprint density at radius 3 is 2.22 bits per heavy atom. The Labute approximate surface area is 206 Å². The van der Waals surface area contributed by atoms with Crippen molar-refractivity contribution in [2.45, 2.75) is 38.9 Å². The fraction of sp³-hybridized carbons (Fsp3) is 0.308. The van der Waals surface area contributed by atoms with Crippen LogP contribution >= 0.6 is 0 Å². The van der Waals surface area contributed by atoms with Crippen LogP contribution in [0.2, 0.25) is 0 Å². The van der Waals surface area contributed by atoms with Crippen LogP contribution < -0.4 is 10.6 Å². The lowest BCUT2D eigenvalue weighted by Gasteiger charge is -2.21. The second kappa shape index (κ2) is 11.7. The number of aliphatic carboxylic acids is 1. The quantitative estimate of drug-likeness (QED) is 0.336. The van der Waals surface area contributed by atoms with Crippen LogP contribution in [0.4, 0.5) is 18.9 Å². The topological polar surface area (TPSA) is 104 Å². The molecule has 1 atom stereocenters. The summed E-state index contributed by atoms with van der Waals surface area (Å²) in [4.78, 5) is 31.6. The molecule has 0 spiro atoms. The molecule has 10 heteroatoms. The lowest BCUT2D eigenvalue weighted by molar-refractivity contribution is -0.138. The first kappa shape index (κ1) is 26.7. The summed E-state index contributed by atoms with van der Waals surface area (Å²) in [5.74, 6) is -1.05. The number of anilines is 1. The summed E-state index contributed by atoms with van der Waals surface area (Å²) in [7, 11) is 0. The zero-order valence-corrected chi connectivity index (χ0v) is 19.8.